The predicted molar refractivity (Wildman–Crippen MR) is 47.0 cm³/mol. The highest BCUT2D eigenvalue weighted by Crippen LogP contribution is 2.24. The maximum absolute atomic E-state index is 5.39. The van der Waals surface area contributed by atoms with E-state index in [0.29, 0.717) is 18.4 Å². The molecule has 72 valence electrons. The second-order valence-corrected chi connectivity index (χ2v) is 3.49. The normalized spacial score (nSPS) is 24.0. The van der Waals surface area contributed by atoms with Crippen molar-refractivity contribution in [2.45, 2.75) is 18.9 Å². The lowest BCUT2D eigenvalue weighted by atomic mass is 10.1. The molecule has 1 aromatic rings. The van der Waals surface area contributed by atoms with Gasteiger partial charge in [0.05, 0.1) is 12.5 Å². The summed E-state index contributed by atoms with van der Waals surface area (Å²) < 4.78 is 5.39. The van der Waals surface area contributed by atoms with Crippen LogP contribution in [0.4, 0.5) is 0 Å². The van der Waals surface area contributed by atoms with Crippen LogP contribution in [-0.2, 0) is 6.54 Å². The van der Waals surface area contributed by atoms with Gasteiger partial charge in [0.15, 0.2) is 0 Å². The molecule has 2 rings (SSSR count). The van der Waals surface area contributed by atoms with Gasteiger partial charge in [-0.3, -0.25) is 0 Å². The summed E-state index contributed by atoms with van der Waals surface area (Å²) in [6.07, 6.45) is 1.10. The maximum Gasteiger partial charge on any atom is 0.230 e. The highest BCUT2D eigenvalue weighted by molar-refractivity contribution is 4.96. The van der Waals surface area contributed by atoms with Crippen LogP contribution in [0.25, 0.3) is 0 Å². The topological polar surface area (TPSA) is 68.2 Å². The van der Waals surface area contributed by atoms with Crippen LogP contribution >= 0.6 is 0 Å². The van der Waals surface area contributed by atoms with Crippen LogP contribution in [0.15, 0.2) is 4.42 Å². The predicted octanol–water partition coefficient (Wildman–Crippen LogP) is -0.0526. The van der Waals surface area contributed by atoms with Crippen molar-refractivity contribution in [1.29, 1.82) is 0 Å². The van der Waals surface area contributed by atoms with Crippen molar-refractivity contribution in [3.8, 4) is 0 Å². The molecule has 0 amide bonds. The van der Waals surface area contributed by atoms with Crippen LogP contribution in [0.2, 0.25) is 0 Å². The van der Waals surface area contributed by atoms with Gasteiger partial charge in [0, 0.05) is 6.54 Å². The molecule has 0 bridgehead atoms. The molecule has 1 atom stereocenters. The van der Waals surface area contributed by atoms with E-state index in [4.69, 9.17) is 10.2 Å². The molecule has 1 saturated heterocycles. The van der Waals surface area contributed by atoms with Crippen molar-refractivity contribution in [1.82, 2.24) is 15.1 Å². The molecule has 0 spiro atoms. The summed E-state index contributed by atoms with van der Waals surface area (Å²) in [6.45, 7) is 2.44. The minimum Gasteiger partial charge on any atom is -0.424 e. The van der Waals surface area contributed by atoms with Crippen LogP contribution in [0.3, 0.4) is 0 Å². The molecule has 0 saturated carbocycles. The minimum absolute atomic E-state index is 0.329. The van der Waals surface area contributed by atoms with Crippen molar-refractivity contribution in [3.63, 3.8) is 0 Å². The summed E-state index contributed by atoms with van der Waals surface area (Å²) in [5.74, 6) is 1.67. The van der Waals surface area contributed by atoms with Gasteiger partial charge in [-0.2, -0.15) is 0 Å². The fraction of sp³-hybridized carbons (Fsp3) is 0.750. The molecule has 2 N–H and O–H groups in total. The van der Waals surface area contributed by atoms with Crippen molar-refractivity contribution in [2.75, 3.05) is 20.1 Å². The van der Waals surface area contributed by atoms with Crippen molar-refractivity contribution in [3.05, 3.63) is 11.8 Å². The van der Waals surface area contributed by atoms with E-state index in [1.807, 2.05) is 0 Å². The Morgan fingerprint density at radius 3 is 3.00 bits per heavy atom. The highest BCUT2D eigenvalue weighted by atomic mass is 16.4. The fourth-order valence-electron chi connectivity index (χ4n) is 1.65. The average molecular weight is 182 g/mol. The van der Waals surface area contributed by atoms with Crippen LogP contribution in [0.1, 0.15) is 24.1 Å². The Labute approximate surface area is 76.9 Å². The van der Waals surface area contributed by atoms with E-state index in [0.717, 1.165) is 25.4 Å². The molecule has 2 heterocycles. The largest absolute Gasteiger partial charge is 0.424 e. The third-order valence-electron chi connectivity index (χ3n) is 2.40. The molecule has 1 aliphatic heterocycles. The van der Waals surface area contributed by atoms with Gasteiger partial charge >= 0.3 is 0 Å². The van der Waals surface area contributed by atoms with Gasteiger partial charge in [-0.15, -0.1) is 10.2 Å². The summed E-state index contributed by atoms with van der Waals surface area (Å²) in [6, 6.07) is 0. The summed E-state index contributed by atoms with van der Waals surface area (Å²) in [5.41, 5.74) is 5.38. The molecule has 1 aliphatic rings. The van der Waals surface area contributed by atoms with Gasteiger partial charge < -0.3 is 15.1 Å². The fourth-order valence-corrected chi connectivity index (χ4v) is 1.65. The Kier molecular flexibility index (Phi) is 2.28. The number of hydrogen-bond donors (Lipinski definition) is 1. The van der Waals surface area contributed by atoms with Gasteiger partial charge in [-0.05, 0) is 20.0 Å². The third-order valence-corrected chi connectivity index (χ3v) is 2.40. The van der Waals surface area contributed by atoms with Crippen LogP contribution < -0.4 is 5.73 Å². The molecule has 0 radical (unpaired) electrons. The van der Waals surface area contributed by atoms with E-state index in [9.17, 15) is 0 Å². The van der Waals surface area contributed by atoms with Gasteiger partial charge in [0.2, 0.25) is 11.8 Å². The molecule has 5 nitrogen and oxygen atoms in total. The zero-order valence-corrected chi connectivity index (χ0v) is 7.73. The summed E-state index contributed by atoms with van der Waals surface area (Å²) >= 11 is 0. The second-order valence-electron chi connectivity index (χ2n) is 3.49. The number of nitrogens with zero attached hydrogens (tertiary/aromatic N) is 3. The Balaban J connectivity index is 2.08. The van der Waals surface area contributed by atoms with Crippen LogP contribution in [0, 0.1) is 0 Å². The summed E-state index contributed by atoms with van der Waals surface area (Å²) in [4.78, 5) is 2.26. The minimum atomic E-state index is 0.329. The first kappa shape index (κ1) is 8.65. The second kappa shape index (κ2) is 3.43. The number of rotatable bonds is 2. The van der Waals surface area contributed by atoms with E-state index in [-0.39, 0.29) is 0 Å². The molecule has 0 aliphatic carbocycles. The zero-order chi connectivity index (χ0) is 9.26. The molecule has 1 fully saturated rings. The molecule has 0 aromatic carbocycles. The molecule has 13 heavy (non-hydrogen) atoms. The summed E-state index contributed by atoms with van der Waals surface area (Å²) in [7, 11) is 2.10. The van der Waals surface area contributed by atoms with Gasteiger partial charge in [0.25, 0.3) is 0 Å². The van der Waals surface area contributed by atoms with Crippen LogP contribution in [0.5, 0.6) is 0 Å². The first-order valence-electron chi connectivity index (χ1n) is 4.50. The Hall–Kier alpha value is -0.940. The third kappa shape index (κ3) is 1.71. The molecular formula is C8H14N4O. The smallest absolute Gasteiger partial charge is 0.230 e. The Morgan fingerprint density at radius 2 is 2.46 bits per heavy atom. The SMILES string of the molecule is CN1CCC(c2nnc(CN)o2)C1. The average Bonchev–Trinajstić information content (AvgIpc) is 2.71. The lowest BCUT2D eigenvalue weighted by Gasteiger charge is -2.05. The molecular weight excluding hydrogens is 168 g/mol. The monoisotopic (exact) mass is 182 g/mol. The number of likely N-dealkylation sites (tertiary alicyclic amines) is 1. The number of likely N-dealkylation sites (N-methyl/N-ethyl adjacent to an activating group) is 1. The molecule has 1 aromatic heterocycles. The van der Waals surface area contributed by atoms with E-state index in [1.165, 1.54) is 0 Å². The molecule has 1 unspecified atom stereocenters. The van der Waals surface area contributed by atoms with Crippen molar-refractivity contribution >= 4 is 0 Å². The van der Waals surface area contributed by atoms with E-state index in [1.54, 1.807) is 0 Å². The lowest BCUT2D eigenvalue weighted by Crippen LogP contribution is -2.13. The summed E-state index contributed by atoms with van der Waals surface area (Å²) in [5, 5.41) is 7.82. The van der Waals surface area contributed by atoms with Gasteiger partial charge in [-0.1, -0.05) is 0 Å². The number of aromatic nitrogens is 2. The van der Waals surface area contributed by atoms with Crippen molar-refractivity contribution < 1.29 is 4.42 Å². The number of hydrogen-bond acceptors (Lipinski definition) is 5. The molecule has 5 heteroatoms. The number of nitrogens with two attached hydrogens (primary N) is 1. The Morgan fingerprint density at radius 1 is 1.62 bits per heavy atom. The quantitative estimate of drug-likeness (QED) is 0.694. The van der Waals surface area contributed by atoms with Gasteiger partial charge in [0.1, 0.15) is 0 Å². The van der Waals surface area contributed by atoms with Gasteiger partial charge in [-0.25, -0.2) is 0 Å². The maximum atomic E-state index is 5.39. The Bertz CT molecular complexity index is 285. The van der Waals surface area contributed by atoms with Crippen LogP contribution in [-0.4, -0.2) is 35.2 Å². The first-order valence-corrected chi connectivity index (χ1v) is 4.50. The zero-order valence-electron chi connectivity index (χ0n) is 7.73. The van der Waals surface area contributed by atoms with Crippen molar-refractivity contribution in [2.24, 2.45) is 5.73 Å². The highest BCUT2D eigenvalue weighted by Gasteiger charge is 2.25. The van der Waals surface area contributed by atoms with E-state index < -0.39 is 0 Å². The first-order chi connectivity index (χ1) is 6.29. The standard InChI is InChI=1S/C8H14N4O/c1-12-3-2-6(5-12)8-11-10-7(4-9)13-8/h6H,2-5,9H2,1H3. The van der Waals surface area contributed by atoms with E-state index in [2.05, 4.69) is 22.1 Å². The lowest BCUT2D eigenvalue weighted by molar-refractivity contribution is 0.383. The van der Waals surface area contributed by atoms with E-state index >= 15 is 0 Å².